The fraction of sp³-hybridized carbons (Fsp3) is 0.125. The number of nitrogens with zero attached hydrogens (tertiary/aromatic N) is 3. The van der Waals surface area contributed by atoms with Gasteiger partial charge in [0.15, 0.2) is 5.66 Å². The number of rotatable bonds is 1. The number of pyridine rings is 1. The largest absolute Gasteiger partial charge is 0.357 e. The molecule has 1 atom stereocenters. The Morgan fingerprint density at radius 2 is 1.80 bits per heavy atom. The van der Waals surface area contributed by atoms with Gasteiger partial charge in [0.1, 0.15) is 0 Å². The van der Waals surface area contributed by atoms with E-state index in [4.69, 9.17) is 0 Å². The molecule has 4 heteroatoms. The summed E-state index contributed by atoms with van der Waals surface area (Å²) in [7, 11) is 0. The van der Waals surface area contributed by atoms with Gasteiger partial charge in [0.2, 0.25) is 0 Å². The van der Waals surface area contributed by atoms with Crippen LogP contribution in [0.2, 0.25) is 0 Å². The molecule has 20 heavy (non-hydrogen) atoms. The van der Waals surface area contributed by atoms with Crippen molar-refractivity contribution in [3.63, 3.8) is 0 Å². The number of hydrogen-bond donors (Lipinski definition) is 1. The lowest BCUT2D eigenvalue weighted by atomic mass is 9.96. The molecule has 2 aromatic heterocycles. The van der Waals surface area contributed by atoms with Crippen molar-refractivity contribution in [2.75, 3.05) is 5.32 Å². The minimum Gasteiger partial charge on any atom is -0.357 e. The lowest BCUT2D eigenvalue weighted by Crippen LogP contribution is -2.43. The summed E-state index contributed by atoms with van der Waals surface area (Å²) in [6, 6.07) is 14.4. The van der Waals surface area contributed by atoms with Gasteiger partial charge < -0.3 is 5.32 Å². The van der Waals surface area contributed by atoms with E-state index in [-0.39, 0.29) is 0 Å². The van der Waals surface area contributed by atoms with E-state index in [1.54, 1.807) is 0 Å². The summed E-state index contributed by atoms with van der Waals surface area (Å²) in [5.74, 6) is 0. The zero-order valence-electron chi connectivity index (χ0n) is 11.1. The highest BCUT2D eigenvalue weighted by Gasteiger charge is 2.36. The van der Waals surface area contributed by atoms with Crippen molar-refractivity contribution in [2.45, 2.75) is 12.6 Å². The zero-order valence-corrected chi connectivity index (χ0v) is 11.1. The van der Waals surface area contributed by atoms with Crippen LogP contribution in [-0.4, -0.2) is 14.8 Å². The summed E-state index contributed by atoms with van der Waals surface area (Å²) in [6.45, 7) is 2.13. The molecule has 1 aromatic carbocycles. The van der Waals surface area contributed by atoms with E-state index in [1.807, 2.05) is 47.5 Å². The average molecular weight is 262 g/mol. The molecule has 0 saturated heterocycles. The monoisotopic (exact) mass is 262 g/mol. The minimum absolute atomic E-state index is 0.407. The van der Waals surface area contributed by atoms with Crippen molar-refractivity contribution < 1.29 is 0 Å². The highest BCUT2D eigenvalue weighted by molar-refractivity contribution is 5.79. The summed E-state index contributed by atoms with van der Waals surface area (Å²) in [6.07, 6.45) is 5.47. The Morgan fingerprint density at radius 3 is 2.65 bits per heavy atom. The van der Waals surface area contributed by atoms with Gasteiger partial charge in [0, 0.05) is 35.4 Å². The van der Waals surface area contributed by atoms with E-state index < -0.39 is 5.66 Å². The summed E-state index contributed by atoms with van der Waals surface area (Å²) < 4.78 is 2.03. The van der Waals surface area contributed by atoms with Crippen LogP contribution in [-0.2, 0) is 5.66 Å². The van der Waals surface area contributed by atoms with Gasteiger partial charge in [0.05, 0.1) is 5.69 Å². The van der Waals surface area contributed by atoms with Crippen LogP contribution in [0.4, 0.5) is 5.69 Å². The second-order valence-corrected chi connectivity index (χ2v) is 5.11. The molecule has 4 rings (SSSR count). The Hall–Kier alpha value is -2.62. The quantitative estimate of drug-likeness (QED) is 0.732. The molecule has 0 fully saturated rings. The minimum atomic E-state index is -0.407. The molecular weight excluding hydrogens is 248 g/mol. The normalized spacial score (nSPS) is 19.9. The molecule has 1 aliphatic heterocycles. The van der Waals surface area contributed by atoms with E-state index in [0.717, 1.165) is 16.9 Å². The van der Waals surface area contributed by atoms with Gasteiger partial charge in [-0.3, -0.25) is 4.98 Å². The molecule has 0 aliphatic carbocycles. The summed E-state index contributed by atoms with van der Waals surface area (Å²) in [4.78, 5) is 4.10. The Labute approximate surface area is 117 Å². The number of anilines is 1. The first-order valence-electron chi connectivity index (χ1n) is 6.62. The SMILES string of the molecule is CC1(c2ccncc2)Nc2ccccc2-c2ccnn21. The zero-order chi connectivity index (χ0) is 13.6. The first-order chi connectivity index (χ1) is 9.79. The van der Waals surface area contributed by atoms with E-state index in [2.05, 4.69) is 40.5 Å². The lowest BCUT2D eigenvalue weighted by Gasteiger charge is -2.38. The van der Waals surface area contributed by atoms with E-state index in [9.17, 15) is 0 Å². The first kappa shape index (κ1) is 11.2. The maximum atomic E-state index is 4.52. The fourth-order valence-electron chi connectivity index (χ4n) is 2.87. The Bertz CT molecular complexity index is 763. The predicted octanol–water partition coefficient (Wildman–Crippen LogP) is 3.09. The van der Waals surface area contributed by atoms with E-state index >= 15 is 0 Å². The van der Waals surface area contributed by atoms with Crippen molar-refractivity contribution in [2.24, 2.45) is 0 Å². The predicted molar refractivity (Wildman–Crippen MR) is 78.3 cm³/mol. The molecule has 0 spiro atoms. The first-order valence-corrected chi connectivity index (χ1v) is 6.62. The summed E-state index contributed by atoms with van der Waals surface area (Å²) in [5.41, 5.74) is 4.15. The van der Waals surface area contributed by atoms with Gasteiger partial charge >= 0.3 is 0 Å². The fourth-order valence-corrected chi connectivity index (χ4v) is 2.87. The Kier molecular flexibility index (Phi) is 2.21. The molecule has 0 radical (unpaired) electrons. The van der Waals surface area contributed by atoms with Crippen molar-refractivity contribution >= 4 is 5.69 Å². The van der Waals surface area contributed by atoms with Crippen LogP contribution in [0.5, 0.6) is 0 Å². The number of hydrogen-bond acceptors (Lipinski definition) is 3. The van der Waals surface area contributed by atoms with Crippen LogP contribution in [0, 0.1) is 0 Å². The van der Waals surface area contributed by atoms with Crippen LogP contribution in [0.25, 0.3) is 11.3 Å². The Morgan fingerprint density at radius 1 is 1.00 bits per heavy atom. The van der Waals surface area contributed by atoms with Gasteiger partial charge in [-0.15, -0.1) is 0 Å². The average Bonchev–Trinajstić information content (AvgIpc) is 2.99. The molecule has 0 amide bonds. The smallest absolute Gasteiger partial charge is 0.155 e. The summed E-state index contributed by atoms with van der Waals surface area (Å²) >= 11 is 0. The van der Waals surface area contributed by atoms with Gasteiger partial charge in [-0.2, -0.15) is 5.10 Å². The van der Waals surface area contributed by atoms with Crippen LogP contribution >= 0.6 is 0 Å². The van der Waals surface area contributed by atoms with Crippen LogP contribution in [0.15, 0.2) is 61.1 Å². The van der Waals surface area contributed by atoms with Crippen LogP contribution in [0.1, 0.15) is 12.5 Å². The van der Waals surface area contributed by atoms with Gasteiger partial charge in [-0.1, -0.05) is 18.2 Å². The standard InChI is InChI=1S/C16H14N4/c1-16(12-6-9-17-10-7-12)19-14-5-3-2-4-13(14)15-8-11-18-20(15)16/h2-11,19H,1H3. The summed E-state index contributed by atoms with van der Waals surface area (Å²) in [5, 5.41) is 8.12. The highest BCUT2D eigenvalue weighted by Crippen LogP contribution is 2.40. The maximum Gasteiger partial charge on any atom is 0.155 e. The Balaban J connectivity index is 1.98. The van der Waals surface area contributed by atoms with Gasteiger partial charge in [-0.25, -0.2) is 4.68 Å². The molecule has 0 bridgehead atoms. The van der Waals surface area contributed by atoms with Crippen molar-refractivity contribution in [3.8, 4) is 11.3 Å². The molecule has 3 heterocycles. The number of benzene rings is 1. The number of para-hydroxylation sites is 1. The second-order valence-electron chi connectivity index (χ2n) is 5.11. The topological polar surface area (TPSA) is 42.7 Å². The van der Waals surface area contributed by atoms with Crippen molar-refractivity contribution in [3.05, 3.63) is 66.6 Å². The lowest BCUT2D eigenvalue weighted by molar-refractivity contribution is 0.403. The third kappa shape index (κ3) is 1.42. The molecule has 1 aliphatic rings. The number of fused-ring (bicyclic) bond motifs is 3. The molecule has 1 unspecified atom stereocenters. The molecule has 4 nitrogen and oxygen atoms in total. The second kappa shape index (κ2) is 3.93. The third-order valence-corrected chi connectivity index (χ3v) is 3.89. The van der Waals surface area contributed by atoms with Crippen molar-refractivity contribution in [1.29, 1.82) is 0 Å². The van der Waals surface area contributed by atoms with Gasteiger partial charge in [-0.05, 0) is 31.2 Å². The van der Waals surface area contributed by atoms with E-state index in [0.29, 0.717) is 0 Å². The molecule has 0 saturated carbocycles. The molecule has 1 N–H and O–H groups in total. The highest BCUT2D eigenvalue weighted by atomic mass is 15.4. The van der Waals surface area contributed by atoms with E-state index in [1.165, 1.54) is 5.56 Å². The number of aromatic nitrogens is 3. The van der Waals surface area contributed by atoms with Crippen molar-refractivity contribution in [1.82, 2.24) is 14.8 Å². The van der Waals surface area contributed by atoms with Crippen LogP contribution < -0.4 is 5.32 Å². The molecule has 3 aromatic rings. The molecule has 98 valence electrons. The van der Waals surface area contributed by atoms with Gasteiger partial charge in [0.25, 0.3) is 0 Å². The maximum absolute atomic E-state index is 4.52. The molecular formula is C16H14N4. The third-order valence-electron chi connectivity index (χ3n) is 3.89. The van der Waals surface area contributed by atoms with Crippen LogP contribution in [0.3, 0.4) is 0 Å². The number of nitrogens with one attached hydrogen (secondary N) is 1.